The van der Waals surface area contributed by atoms with E-state index in [1.54, 1.807) is 24.7 Å². The van der Waals surface area contributed by atoms with Crippen LogP contribution in [0, 0.1) is 5.82 Å². The Morgan fingerprint density at radius 3 is 2.81 bits per heavy atom. The molecule has 104 valence electrons. The number of benzene rings is 2. The van der Waals surface area contributed by atoms with Crippen molar-refractivity contribution < 1.29 is 4.39 Å². The van der Waals surface area contributed by atoms with Gasteiger partial charge < -0.3 is 5.32 Å². The molecule has 0 bridgehead atoms. The van der Waals surface area contributed by atoms with E-state index in [0.717, 1.165) is 29.9 Å². The van der Waals surface area contributed by atoms with Gasteiger partial charge in [0.1, 0.15) is 5.82 Å². The fourth-order valence-corrected chi connectivity index (χ4v) is 2.78. The number of nitrogens with zero attached hydrogens (tertiary/aromatic N) is 2. The first-order valence-corrected chi connectivity index (χ1v) is 6.97. The molecule has 4 heteroatoms. The van der Waals surface area contributed by atoms with E-state index in [1.165, 1.54) is 23.4 Å². The zero-order valence-electron chi connectivity index (χ0n) is 11.4. The van der Waals surface area contributed by atoms with Crippen molar-refractivity contribution >= 4 is 5.69 Å². The lowest BCUT2D eigenvalue weighted by molar-refractivity contribution is 0.628. The summed E-state index contributed by atoms with van der Waals surface area (Å²) in [5, 5.41) is 3.36. The molecule has 21 heavy (non-hydrogen) atoms. The van der Waals surface area contributed by atoms with Gasteiger partial charge in [-0.25, -0.2) is 9.37 Å². The Kier molecular flexibility index (Phi) is 2.74. The van der Waals surface area contributed by atoms with Crippen LogP contribution in [0.2, 0.25) is 0 Å². The molecule has 1 aliphatic rings. The highest BCUT2D eigenvalue weighted by atomic mass is 19.1. The highest BCUT2D eigenvalue weighted by Crippen LogP contribution is 2.28. The predicted octanol–water partition coefficient (Wildman–Crippen LogP) is 3.65. The molecule has 3 nitrogen and oxygen atoms in total. The van der Waals surface area contributed by atoms with Gasteiger partial charge in [0.05, 0.1) is 18.2 Å². The minimum atomic E-state index is -0.228. The van der Waals surface area contributed by atoms with Crippen LogP contribution >= 0.6 is 0 Å². The zero-order chi connectivity index (χ0) is 14.2. The molecule has 0 aliphatic carbocycles. The summed E-state index contributed by atoms with van der Waals surface area (Å²) in [6.45, 7) is 0.994. The summed E-state index contributed by atoms with van der Waals surface area (Å²) in [6, 6.07) is 12.9. The molecule has 1 N–H and O–H groups in total. The zero-order valence-corrected chi connectivity index (χ0v) is 11.4. The first kappa shape index (κ1) is 12.1. The average molecular weight is 279 g/mol. The van der Waals surface area contributed by atoms with E-state index in [0.29, 0.717) is 0 Å². The van der Waals surface area contributed by atoms with Gasteiger partial charge in [-0.2, -0.15) is 0 Å². The Bertz CT molecular complexity index is 790. The van der Waals surface area contributed by atoms with Crippen molar-refractivity contribution in [3.05, 3.63) is 66.4 Å². The smallest absolute Gasteiger partial charge is 0.123 e. The van der Waals surface area contributed by atoms with E-state index in [2.05, 4.69) is 28.5 Å². The minimum Gasteiger partial charge on any atom is -0.384 e. The molecule has 0 saturated heterocycles. The van der Waals surface area contributed by atoms with Crippen LogP contribution in [0.25, 0.3) is 16.9 Å². The number of nitrogens with one attached hydrogen (secondary N) is 1. The fraction of sp³-hybridized carbons (Fsp3) is 0.118. The van der Waals surface area contributed by atoms with Gasteiger partial charge in [-0.15, -0.1) is 0 Å². The van der Waals surface area contributed by atoms with Gasteiger partial charge in [-0.05, 0) is 54.4 Å². The summed E-state index contributed by atoms with van der Waals surface area (Å²) in [6.07, 6.45) is 4.64. The van der Waals surface area contributed by atoms with Crippen LogP contribution < -0.4 is 5.32 Å². The lowest BCUT2D eigenvalue weighted by atomic mass is 10.1. The molecule has 0 radical (unpaired) electrons. The topological polar surface area (TPSA) is 29.9 Å². The summed E-state index contributed by atoms with van der Waals surface area (Å²) in [4.78, 5) is 4.24. The average Bonchev–Trinajstić information content (AvgIpc) is 3.16. The summed E-state index contributed by atoms with van der Waals surface area (Å²) < 4.78 is 15.1. The van der Waals surface area contributed by atoms with Gasteiger partial charge in [-0.1, -0.05) is 0 Å². The molecular weight excluding hydrogens is 265 g/mol. The van der Waals surface area contributed by atoms with Crippen molar-refractivity contribution in [3.63, 3.8) is 0 Å². The number of hydrogen-bond acceptors (Lipinski definition) is 2. The lowest BCUT2D eigenvalue weighted by Crippen LogP contribution is -1.96. The number of imidazole rings is 1. The van der Waals surface area contributed by atoms with Crippen LogP contribution in [0.5, 0.6) is 0 Å². The van der Waals surface area contributed by atoms with E-state index in [-0.39, 0.29) is 5.82 Å². The highest BCUT2D eigenvalue weighted by Gasteiger charge is 2.12. The number of rotatable bonds is 2. The Morgan fingerprint density at radius 1 is 1.10 bits per heavy atom. The fourth-order valence-electron chi connectivity index (χ4n) is 2.78. The van der Waals surface area contributed by atoms with Crippen LogP contribution in [-0.2, 0) is 6.42 Å². The van der Waals surface area contributed by atoms with E-state index in [4.69, 9.17) is 0 Å². The molecule has 1 aliphatic heterocycles. The van der Waals surface area contributed by atoms with Gasteiger partial charge in [0, 0.05) is 23.5 Å². The second-order valence-corrected chi connectivity index (χ2v) is 5.17. The molecular formula is C17H14FN3. The number of anilines is 1. The standard InChI is InChI=1S/C17H14FN3/c18-14-3-1-12(2-4-14)17-10-19-11-21(17)15-5-6-16-13(9-15)7-8-20-16/h1-6,9-11,20H,7-8H2. The summed E-state index contributed by atoms with van der Waals surface area (Å²) in [5.41, 5.74) is 5.52. The molecule has 2 aromatic carbocycles. The van der Waals surface area contributed by atoms with Gasteiger partial charge in [-0.3, -0.25) is 4.57 Å². The van der Waals surface area contributed by atoms with Crippen molar-refractivity contribution in [2.75, 3.05) is 11.9 Å². The molecule has 0 amide bonds. The van der Waals surface area contributed by atoms with Crippen molar-refractivity contribution in [3.8, 4) is 16.9 Å². The van der Waals surface area contributed by atoms with E-state index >= 15 is 0 Å². The third kappa shape index (κ3) is 2.09. The van der Waals surface area contributed by atoms with E-state index in [1.807, 2.05) is 4.57 Å². The molecule has 0 unspecified atom stereocenters. The van der Waals surface area contributed by atoms with Crippen molar-refractivity contribution in [2.45, 2.75) is 6.42 Å². The van der Waals surface area contributed by atoms with Crippen LogP contribution in [-0.4, -0.2) is 16.1 Å². The van der Waals surface area contributed by atoms with Crippen LogP contribution in [0.4, 0.5) is 10.1 Å². The van der Waals surface area contributed by atoms with Gasteiger partial charge in [0.2, 0.25) is 0 Å². The van der Waals surface area contributed by atoms with E-state index < -0.39 is 0 Å². The second kappa shape index (κ2) is 4.74. The Morgan fingerprint density at radius 2 is 1.95 bits per heavy atom. The molecule has 1 aromatic heterocycles. The van der Waals surface area contributed by atoms with Crippen LogP contribution in [0.3, 0.4) is 0 Å². The second-order valence-electron chi connectivity index (χ2n) is 5.17. The maximum atomic E-state index is 13.1. The lowest BCUT2D eigenvalue weighted by Gasteiger charge is -2.10. The number of aromatic nitrogens is 2. The normalized spacial score (nSPS) is 13.0. The quantitative estimate of drug-likeness (QED) is 0.776. The first-order valence-electron chi connectivity index (χ1n) is 6.97. The molecule has 0 spiro atoms. The van der Waals surface area contributed by atoms with Crippen LogP contribution in [0.15, 0.2) is 55.0 Å². The molecule has 0 saturated carbocycles. The minimum absolute atomic E-state index is 0.228. The molecule has 3 aromatic rings. The molecule has 0 atom stereocenters. The molecule has 0 fully saturated rings. The van der Waals surface area contributed by atoms with Crippen LogP contribution in [0.1, 0.15) is 5.56 Å². The molecule has 4 rings (SSSR count). The highest BCUT2D eigenvalue weighted by molar-refractivity contribution is 5.64. The Hall–Kier alpha value is -2.62. The van der Waals surface area contributed by atoms with Gasteiger partial charge in [0.25, 0.3) is 0 Å². The summed E-state index contributed by atoms with van der Waals surface area (Å²) >= 11 is 0. The number of fused-ring (bicyclic) bond motifs is 1. The Labute approximate surface area is 122 Å². The van der Waals surface area contributed by atoms with Crippen molar-refractivity contribution in [1.82, 2.24) is 9.55 Å². The third-order valence-electron chi connectivity index (χ3n) is 3.86. The Balaban J connectivity index is 1.80. The van der Waals surface area contributed by atoms with Crippen molar-refractivity contribution in [1.29, 1.82) is 0 Å². The monoisotopic (exact) mass is 279 g/mol. The predicted molar refractivity (Wildman–Crippen MR) is 81.2 cm³/mol. The van der Waals surface area contributed by atoms with Gasteiger partial charge >= 0.3 is 0 Å². The summed E-state index contributed by atoms with van der Waals surface area (Å²) in [7, 11) is 0. The molecule has 2 heterocycles. The summed E-state index contributed by atoms with van der Waals surface area (Å²) in [5.74, 6) is -0.228. The largest absolute Gasteiger partial charge is 0.384 e. The maximum absolute atomic E-state index is 13.1. The maximum Gasteiger partial charge on any atom is 0.123 e. The first-order chi connectivity index (χ1) is 10.3. The van der Waals surface area contributed by atoms with Gasteiger partial charge in [0.15, 0.2) is 0 Å². The van der Waals surface area contributed by atoms with Crippen molar-refractivity contribution in [2.24, 2.45) is 0 Å². The third-order valence-corrected chi connectivity index (χ3v) is 3.86. The number of hydrogen-bond donors (Lipinski definition) is 1. The number of halogens is 1. The van der Waals surface area contributed by atoms with E-state index in [9.17, 15) is 4.39 Å². The SMILES string of the molecule is Fc1ccc(-c2cncn2-c2ccc3c(c2)CCN3)cc1.